The summed E-state index contributed by atoms with van der Waals surface area (Å²) in [6.45, 7) is 3.89. The lowest BCUT2D eigenvalue weighted by Crippen LogP contribution is -2.67. The van der Waals surface area contributed by atoms with Crippen LogP contribution in [0, 0.1) is 0 Å². The Balaban J connectivity index is 1.56. The number of ether oxygens (including phenoxy) is 3. The molecular formula is C27H36N4O5. The quantitative estimate of drug-likeness (QED) is 0.392. The normalized spacial score (nSPS) is 18.9. The molecule has 2 fully saturated rings. The molecule has 1 atom stereocenters. The van der Waals surface area contributed by atoms with Gasteiger partial charge in [0, 0.05) is 50.7 Å². The van der Waals surface area contributed by atoms with Crippen molar-refractivity contribution in [1.29, 1.82) is 0 Å². The maximum Gasteiger partial charge on any atom is 0.362 e. The van der Waals surface area contributed by atoms with E-state index in [-0.39, 0.29) is 18.3 Å². The van der Waals surface area contributed by atoms with Crippen LogP contribution in [0.2, 0.25) is 0 Å². The number of benzene rings is 1. The number of Topliss-reactive ketones (excluding diaryl/α,β-unsaturated/α-hetero) is 1. The number of nitrogens with one attached hydrogen (secondary N) is 1. The fourth-order valence-electron chi connectivity index (χ4n) is 4.95. The first kappa shape index (κ1) is 26.1. The minimum absolute atomic E-state index is 0.164. The van der Waals surface area contributed by atoms with E-state index in [1.165, 1.54) is 7.11 Å². The molecule has 0 radical (unpaired) electrons. The van der Waals surface area contributed by atoms with Crippen LogP contribution in [-0.4, -0.2) is 87.0 Å². The lowest BCUT2D eigenvalue weighted by molar-refractivity contribution is -0.216. The topological polar surface area (TPSA) is 93.2 Å². The fraction of sp³-hybridized carbons (Fsp3) is 0.519. The van der Waals surface area contributed by atoms with Crippen LogP contribution in [0.25, 0.3) is 0 Å². The monoisotopic (exact) mass is 496 g/mol. The molecule has 1 N–H and O–H groups in total. The Labute approximate surface area is 212 Å². The number of ketones is 1. The van der Waals surface area contributed by atoms with Crippen LogP contribution in [0.5, 0.6) is 5.75 Å². The van der Waals surface area contributed by atoms with Crippen molar-refractivity contribution >= 4 is 17.4 Å². The minimum Gasteiger partial charge on any atom is -0.497 e. The van der Waals surface area contributed by atoms with Gasteiger partial charge in [-0.1, -0.05) is 12.1 Å². The molecule has 2 aliphatic rings. The van der Waals surface area contributed by atoms with Crippen LogP contribution in [-0.2, 0) is 25.5 Å². The Morgan fingerprint density at radius 3 is 2.28 bits per heavy atom. The zero-order valence-electron chi connectivity index (χ0n) is 21.2. The van der Waals surface area contributed by atoms with E-state index < -0.39 is 11.7 Å². The average molecular weight is 497 g/mol. The number of pyridine rings is 1. The van der Waals surface area contributed by atoms with Crippen molar-refractivity contribution < 1.29 is 23.8 Å². The summed E-state index contributed by atoms with van der Waals surface area (Å²) in [5, 5.41) is 3.32. The number of anilines is 1. The Bertz CT molecular complexity index is 989. The van der Waals surface area contributed by atoms with E-state index in [2.05, 4.69) is 15.2 Å². The number of hydrogen-bond acceptors (Lipinski definition) is 9. The van der Waals surface area contributed by atoms with Crippen molar-refractivity contribution in [3.8, 4) is 5.75 Å². The van der Waals surface area contributed by atoms with Crippen molar-refractivity contribution in [1.82, 2.24) is 15.2 Å². The van der Waals surface area contributed by atoms with E-state index in [1.807, 2.05) is 41.3 Å². The van der Waals surface area contributed by atoms with Crippen molar-refractivity contribution in [3.63, 3.8) is 0 Å². The van der Waals surface area contributed by atoms with Gasteiger partial charge in [-0.15, -0.1) is 0 Å². The second-order valence-corrected chi connectivity index (χ2v) is 9.15. The summed E-state index contributed by atoms with van der Waals surface area (Å²) in [6.07, 6.45) is 5.47. The summed E-state index contributed by atoms with van der Waals surface area (Å²) in [7, 11) is 2.95. The van der Waals surface area contributed by atoms with Crippen molar-refractivity contribution in [2.75, 3.05) is 58.4 Å². The van der Waals surface area contributed by atoms with Crippen LogP contribution < -0.4 is 15.0 Å². The van der Waals surface area contributed by atoms with Gasteiger partial charge in [0.1, 0.15) is 5.75 Å². The third-order valence-electron chi connectivity index (χ3n) is 7.02. The molecule has 9 nitrogen and oxygen atoms in total. The van der Waals surface area contributed by atoms with Crippen molar-refractivity contribution in [2.45, 2.75) is 37.5 Å². The summed E-state index contributed by atoms with van der Waals surface area (Å²) in [5.41, 5.74) is 0.304. The lowest BCUT2D eigenvalue weighted by atomic mass is 9.96. The highest BCUT2D eigenvalue weighted by atomic mass is 16.6. The third-order valence-corrected chi connectivity index (χ3v) is 7.02. The summed E-state index contributed by atoms with van der Waals surface area (Å²) in [4.78, 5) is 35.6. The van der Waals surface area contributed by atoms with Gasteiger partial charge in [-0.3, -0.25) is 14.7 Å². The molecule has 9 heteroatoms. The number of carbonyl (C=O) groups excluding carboxylic acids is 2. The summed E-state index contributed by atoms with van der Waals surface area (Å²) in [6, 6.07) is 11.6. The Morgan fingerprint density at radius 2 is 1.67 bits per heavy atom. The van der Waals surface area contributed by atoms with Crippen LogP contribution in [0.3, 0.4) is 0 Å². The van der Waals surface area contributed by atoms with Gasteiger partial charge in [0.25, 0.3) is 5.72 Å². The zero-order valence-corrected chi connectivity index (χ0v) is 21.2. The number of piperazine rings is 1. The molecule has 3 heterocycles. The van der Waals surface area contributed by atoms with Crippen LogP contribution in [0.15, 0.2) is 48.8 Å². The first-order chi connectivity index (χ1) is 17.6. The van der Waals surface area contributed by atoms with Gasteiger partial charge < -0.3 is 24.4 Å². The number of nitrogens with zero attached hydrogens (tertiary/aromatic N) is 3. The predicted octanol–water partition coefficient (Wildman–Crippen LogP) is 2.05. The molecule has 36 heavy (non-hydrogen) atoms. The molecule has 1 aromatic carbocycles. The Hall–Kier alpha value is -3.01. The van der Waals surface area contributed by atoms with Crippen LogP contribution >= 0.6 is 0 Å². The number of methoxy groups -OCH3 is 2. The van der Waals surface area contributed by atoms with Gasteiger partial charge in [0.15, 0.2) is 5.78 Å². The van der Waals surface area contributed by atoms with E-state index in [0.717, 1.165) is 42.9 Å². The maximum atomic E-state index is 14.0. The highest BCUT2D eigenvalue weighted by Crippen LogP contribution is 2.30. The molecule has 2 aromatic rings. The van der Waals surface area contributed by atoms with Crippen molar-refractivity contribution in [2.24, 2.45) is 0 Å². The zero-order chi connectivity index (χ0) is 25.4. The van der Waals surface area contributed by atoms with E-state index in [9.17, 15) is 9.59 Å². The van der Waals surface area contributed by atoms with Gasteiger partial charge in [-0.25, -0.2) is 4.79 Å². The smallest absolute Gasteiger partial charge is 0.362 e. The largest absolute Gasteiger partial charge is 0.497 e. The van der Waals surface area contributed by atoms with Crippen LogP contribution in [0.1, 0.15) is 24.8 Å². The third kappa shape index (κ3) is 5.86. The van der Waals surface area contributed by atoms with E-state index >= 15 is 0 Å². The molecule has 2 saturated heterocycles. The van der Waals surface area contributed by atoms with Gasteiger partial charge in [0.2, 0.25) is 0 Å². The first-order valence-electron chi connectivity index (χ1n) is 12.6. The molecule has 194 valence electrons. The first-order valence-corrected chi connectivity index (χ1v) is 12.6. The second-order valence-electron chi connectivity index (χ2n) is 9.15. The van der Waals surface area contributed by atoms with E-state index in [4.69, 9.17) is 14.2 Å². The maximum absolute atomic E-state index is 14.0. The molecule has 0 saturated carbocycles. The highest BCUT2D eigenvalue weighted by Gasteiger charge is 2.54. The van der Waals surface area contributed by atoms with Gasteiger partial charge in [-0.05, 0) is 62.2 Å². The number of carbonyl (C=O) groups is 2. The Morgan fingerprint density at radius 1 is 1.00 bits per heavy atom. The van der Waals surface area contributed by atoms with Gasteiger partial charge >= 0.3 is 5.97 Å². The fourth-order valence-corrected chi connectivity index (χ4v) is 4.95. The molecule has 1 aromatic heterocycles. The molecule has 4 rings (SSSR count). The number of piperidine rings is 1. The molecule has 0 spiro atoms. The number of esters is 1. The van der Waals surface area contributed by atoms with E-state index in [0.29, 0.717) is 32.6 Å². The number of hydrogen-bond donors (Lipinski definition) is 1. The number of aryl methyl sites for hydroxylation is 1. The number of rotatable bonds is 10. The molecule has 1 unspecified atom stereocenters. The summed E-state index contributed by atoms with van der Waals surface area (Å²) in [5.74, 6) is -0.144. The molecule has 0 amide bonds. The van der Waals surface area contributed by atoms with Gasteiger partial charge in [0.05, 0.1) is 20.3 Å². The van der Waals surface area contributed by atoms with E-state index in [1.54, 1.807) is 19.5 Å². The molecular weight excluding hydrogens is 460 g/mol. The second kappa shape index (κ2) is 12.3. The molecule has 0 bridgehead atoms. The molecule has 2 aliphatic heterocycles. The highest BCUT2D eigenvalue weighted by molar-refractivity contribution is 6.07. The van der Waals surface area contributed by atoms with Crippen LogP contribution in [0.4, 0.5) is 5.69 Å². The minimum atomic E-state index is -1.76. The van der Waals surface area contributed by atoms with Gasteiger partial charge in [-0.2, -0.15) is 0 Å². The standard InChI is InChI=1S/C27H36N4O5/c1-34-23-6-3-21(4-7-23)5-8-25(32)27(26(33)35-2,36-24-11-15-29-16-12-24)31-19-17-30(18-20-31)22-9-13-28-14-10-22/h3-4,6-7,9-10,13-14,24,29H,5,8,11-12,15-20H2,1-2H3. The summed E-state index contributed by atoms with van der Waals surface area (Å²) < 4.78 is 17.0. The summed E-state index contributed by atoms with van der Waals surface area (Å²) >= 11 is 0. The Kier molecular flexibility index (Phi) is 8.90. The van der Waals surface area contributed by atoms with Crippen molar-refractivity contribution in [3.05, 3.63) is 54.4 Å². The molecule has 0 aliphatic carbocycles. The number of aromatic nitrogens is 1. The SMILES string of the molecule is COC(=O)C(OC1CCNCC1)(C(=O)CCc1ccc(OC)cc1)N1CCN(c2ccncc2)CC1. The lowest BCUT2D eigenvalue weighted by Gasteiger charge is -2.46. The average Bonchev–Trinajstić information content (AvgIpc) is 2.95. The predicted molar refractivity (Wildman–Crippen MR) is 136 cm³/mol.